The Kier molecular flexibility index (Phi) is 7.60. The Labute approximate surface area is 249 Å². The Hall–Kier alpha value is -2.87. The normalized spacial score (nSPS) is 43.1. The number of aliphatic hydroxyl groups is 5. The van der Waals surface area contributed by atoms with Crippen LogP contribution in [0.5, 0.6) is 0 Å². The Morgan fingerprint density at radius 1 is 0.930 bits per heavy atom. The van der Waals surface area contributed by atoms with Crippen LogP contribution in [-0.2, 0) is 28.5 Å². The van der Waals surface area contributed by atoms with E-state index in [0.717, 1.165) is 6.92 Å². The highest BCUT2D eigenvalue weighted by atomic mass is 16.6. The van der Waals surface area contributed by atoms with Gasteiger partial charge in [0.2, 0.25) is 0 Å². The second kappa shape index (κ2) is 10.4. The van der Waals surface area contributed by atoms with Crippen LogP contribution in [0.4, 0.5) is 0 Å². The molecule has 1 saturated heterocycles. The number of carbonyl (C=O) groups excluding carboxylic acids is 3. The van der Waals surface area contributed by atoms with Crippen LogP contribution in [0.25, 0.3) is 0 Å². The smallest absolute Gasteiger partial charge is 0.338 e. The average Bonchev–Trinajstić information content (AvgIpc) is 2.93. The van der Waals surface area contributed by atoms with Crippen molar-refractivity contribution >= 4 is 17.9 Å². The lowest BCUT2D eigenvalue weighted by molar-refractivity contribution is -0.370. The topological polar surface area (TPSA) is 189 Å². The molecule has 2 saturated carbocycles. The molecular weight excluding hydrogens is 564 g/mol. The van der Waals surface area contributed by atoms with Crippen LogP contribution in [0.1, 0.15) is 58.3 Å². The first kappa shape index (κ1) is 31.6. The second-order valence-electron chi connectivity index (χ2n) is 13.0. The van der Waals surface area contributed by atoms with Gasteiger partial charge < -0.3 is 44.5 Å². The number of aliphatic hydroxyl groups excluding tert-OH is 4. The van der Waals surface area contributed by atoms with Gasteiger partial charge in [0, 0.05) is 31.1 Å². The van der Waals surface area contributed by atoms with Gasteiger partial charge in [0.25, 0.3) is 0 Å². The number of hydrogen-bond acceptors (Lipinski definition) is 12. The standard InChI is InChI=1S/C31H40O12/c1-14-20-22(41-15(2)32)25(37)29(6)18(34)12-19-30(13-40-19,43-16(3)33)23(29)26(42-27(38)17-10-8-7-9-11-17)31(39,28(20,4)5)24(36)21(14)35/h7-11,18-19,21-26,34-37,39H,12-13H2,1-6H3. The maximum absolute atomic E-state index is 13.7. The minimum absolute atomic E-state index is 0.0941. The highest BCUT2D eigenvalue weighted by Crippen LogP contribution is 2.65. The first-order valence-electron chi connectivity index (χ1n) is 14.4. The second-order valence-corrected chi connectivity index (χ2v) is 13.0. The molecule has 11 atom stereocenters. The van der Waals surface area contributed by atoms with E-state index in [1.54, 1.807) is 18.2 Å². The molecule has 2 bridgehead atoms. The highest BCUT2D eigenvalue weighted by Gasteiger charge is 2.79. The third-order valence-electron chi connectivity index (χ3n) is 10.5. The first-order valence-corrected chi connectivity index (χ1v) is 14.4. The quantitative estimate of drug-likeness (QED) is 0.181. The fourth-order valence-electron chi connectivity index (χ4n) is 8.28. The van der Waals surface area contributed by atoms with Gasteiger partial charge >= 0.3 is 17.9 Å². The lowest BCUT2D eigenvalue weighted by atomic mass is 9.44. The fourth-order valence-corrected chi connectivity index (χ4v) is 8.28. The van der Waals surface area contributed by atoms with Crippen molar-refractivity contribution in [3.05, 3.63) is 47.0 Å². The van der Waals surface area contributed by atoms with Gasteiger partial charge in [0.15, 0.2) is 11.7 Å². The number of esters is 3. The molecule has 1 aliphatic heterocycles. The van der Waals surface area contributed by atoms with E-state index in [2.05, 4.69) is 0 Å². The Balaban J connectivity index is 1.87. The predicted octanol–water partition coefficient (Wildman–Crippen LogP) is 0.415. The van der Waals surface area contributed by atoms with Crippen LogP contribution in [0.3, 0.4) is 0 Å². The van der Waals surface area contributed by atoms with Crippen molar-refractivity contribution in [1.29, 1.82) is 0 Å². The molecule has 3 fully saturated rings. The number of benzene rings is 1. The van der Waals surface area contributed by atoms with E-state index < -0.39 is 88.6 Å². The molecule has 1 heterocycles. The molecule has 3 aliphatic carbocycles. The summed E-state index contributed by atoms with van der Waals surface area (Å²) in [6, 6.07) is 7.87. The summed E-state index contributed by atoms with van der Waals surface area (Å²) in [5.41, 5.74) is -7.35. The highest BCUT2D eigenvalue weighted by molar-refractivity contribution is 5.89. The minimum atomic E-state index is -2.56. The molecule has 0 aromatic heterocycles. The number of rotatable bonds is 4. The number of hydrogen-bond donors (Lipinski definition) is 5. The van der Waals surface area contributed by atoms with E-state index in [0.29, 0.717) is 0 Å². The molecule has 1 aromatic rings. The number of fused-ring (bicyclic) bond motifs is 5. The van der Waals surface area contributed by atoms with Crippen molar-refractivity contribution in [3.63, 3.8) is 0 Å². The molecule has 43 heavy (non-hydrogen) atoms. The van der Waals surface area contributed by atoms with Crippen LogP contribution in [0.15, 0.2) is 41.5 Å². The summed E-state index contributed by atoms with van der Waals surface area (Å²) < 4.78 is 23.5. The third-order valence-corrected chi connectivity index (χ3v) is 10.5. The van der Waals surface area contributed by atoms with Gasteiger partial charge in [-0.3, -0.25) is 9.59 Å². The minimum Gasteiger partial charge on any atom is -0.455 e. The van der Waals surface area contributed by atoms with Crippen LogP contribution in [0, 0.1) is 16.7 Å². The van der Waals surface area contributed by atoms with Gasteiger partial charge in [-0.15, -0.1) is 0 Å². The summed E-state index contributed by atoms with van der Waals surface area (Å²) in [7, 11) is 0. The van der Waals surface area contributed by atoms with E-state index in [9.17, 15) is 39.9 Å². The molecule has 12 heteroatoms. The maximum Gasteiger partial charge on any atom is 0.338 e. The van der Waals surface area contributed by atoms with Crippen molar-refractivity contribution < 1.29 is 58.9 Å². The zero-order valence-corrected chi connectivity index (χ0v) is 25.0. The Morgan fingerprint density at radius 2 is 1.56 bits per heavy atom. The SMILES string of the molecule is CC(=O)OC1C2=C(C)C(O)C(O)C(O)(C(OC(=O)c3ccccc3)C3C4(OC(C)=O)COC4CC(O)C3(C)C1O)C2(C)C. The molecule has 12 nitrogen and oxygen atoms in total. The number of carbonyl (C=O) groups is 3. The van der Waals surface area contributed by atoms with Crippen LogP contribution < -0.4 is 0 Å². The molecule has 1 aromatic carbocycles. The van der Waals surface area contributed by atoms with Gasteiger partial charge in [-0.25, -0.2) is 4.79 Å². The zero-order chi connectivity index (χ0) is 31.9. The third kappa shape index (κ3) is 4.22. The van der Waals surface area contributed by atoms with Crippen LogP contribution in [-0.4, -0.2) is 104 Å². The Bertz CT molecular complexity index is 1340. The van der Waals surface area contributed by atoms with Crippen molar-refractivity contribution in [2.45, 2.75) is 102 Å². The van der Waals surface area contributed by atoms with Gasteiger partial charge in [-0.2, -0.15) is 0 Å². The monoisotopic (exact) mass is 604 g/mol. The van der Waals surface area contributed by atoms with E-state index >= 15 is 0 Å². The molecular formula is C31H40O12. The average molecular weight is 605 g/mol. The summed E-state index contributed by atoms with van der Waals surface area (Å²) in [4.78, 5) is 38.8. The predicted molar refractivity (Wildman–Crippen MR) is 147 cm³/mol. The molecule has 0 amide bonds. The van der Waals surface area contributed by atoms with Crippen molar-refractivity contribution in [2.75, 3.05) is 6.61 Å². The summed E-state index contributed by atoms with van der Waals surface area (Å²) in [5, 5.41) is 60.0. The molecule has 5 rings (SSSR count). The lowest BCUT2D eigenvalue weighted by Gasteiger charge is -2.69. The van der Waals surface area contributed by atoms with Gasteiger partial charge in [0.1, 0.15) is 36.1 Å². The van der Waals surface area contributed by atoms with Crippen LogP contribution >= 0.6 is 0 Å². The summed E-state index contributed by atoms with van der Waals surface area (Å²) in [6.07, 6.45) is -11.3. The van der Waals surface area contributed by atoms with Gasteiger partial charge in [0.05, 0.1) is 24.2 Å². The lowest BCUT2D eigenvalue weighted by Crippen LogP contribution is -2.84. The fraction of sp³-hybridized carbons (Fsp3) is 0.645. The molecule has 4 aliphatic rings. The maximum atomic E-state index is 13.7. The molecule has 0 radical (unpaired) electrons. The van der Waals surface area contributed by atoms with Crippen molar-refractivity contribution in [2.24, 2.45) is 16.7 Å². The zero-order valence-electron chi connectivity index (χ0n) is 25.0. The van der Waals surface area contributed by atoms with Crippen molar-refractivity contribution in [1.82, 2.24) is 0 Å². The summed E-state index contributed by atoms with van der Waals surface area (Å²) >= 11 is 0. The van der Waals surface area contributed by atoms with E-state index in [1.165, 1.54) is 46.8 Å². The molecule has 5 N–H and O–H groups in total. The summed E-state index contributed by atoms with van der Waals surface area (Å²) in [5.74, 6) is -3.88. The van der Waals surface area contributed by atoms with Gasteiger partial charge in [-0.1, -0.05) is 39.0 Å². The van der Waals surface area contributed by atoms with Gasteiger partial charge in [-0.05, 0) is 30.2 Å². The van der Waals surface area contributed by atoms with E-state index in [4.69, 9.17) is 18.9 Å². The summed E-state index contributed by atoms with van der Waals surface area (Å²) in [6.45, 7) is 8.04. The molecule has 0 spiro atoms. The van der Waals surface area contributed by atoms with E-state index in [1.807, 2.05) is 0 Å². The molecule has 236 valence electrons. The first-order chi connectivity index (χ1) is 20.0. The largest absolute Gasteiger partial charge is 0.455 e. The Morgan fingerprint density at radius 3 is 2.09 bits per heavy atom. The number of ether oxygens (including phenoxy) is 4. The van der Waals surface area contributed by atoms with Crippen LogP contribution in [0.2, 0.25) is 0 Å². The molecule has 11 unspecified atom stereocenters. The van der Waals surface area contributed by atoms with E-state index in [-0.39, 0.29) is 29.7 Å². The van der Waals surface area contributed by atoms with Crippen molar-refractivity contribution in [3.8, 4) is 0 Å².